The molecule has 0 aromatic carbocycles. The molecule has 1 heteroatoms. The molecule has 1 fully saturated rings. The maximum Gasteiger partial charge on any atom is 0.133 e. The van der Waals surface area contributed by atoms with E-state index in [0.29, 0.717) is 5.78 Å². The number of carbonyl (C=O) groups is 1. The molecule has 0 unspecified atom stereocenters. The van der Waals surface area contributed by atoms with Crippen molar-refractivity contribution < 1.29 is 4.79 Å². The molecule has 0 aromatic heterocycles. The minimum atomic E-state index is 0.186. The normalized spacial score (nSPS) is 16.3. The Morgan fingerprint density at radius 3 is 2.33 bits per heavy atom. The number of hydrogen-bond acceptors (Lipinski definition) is 1. The van der Waals surface area contributed by atoms with Crippen LogP contribution in [0.1, 0.15) is 136 Å². The van der Waals surface area contributed by atoms with Crippen LogP contribution in [0.4, 0.5) is 0 Å². The largest absolute Gasteiger partial charge is 0.300 e. The zero-order valence-corrected chi connectivity index (χ0v) is 18.9. The maximum absolute atomic E-state index is 12.3. The summed E-state index contributed by atoms with van der Waals surface area (Å²) in [7, 11) is 0. The lowest BCUT2D eigenvalue weighted by atomic mass is 9.80. The van der Waals surface area contributed by atoms with Crippen LogP contribution in [0.2, 0.25) is 0 Å². The van der Waals surface area contributed by atoms with Crippen LogP contribution in [-0.2, 0) is 4.79 Å². The van der Waals surface area contributed by atoms with Gasteiger partial charge in [-0.2, -0.15) is 0 Å². The molecule has 158 valence electrons. The molecule has 0 atom stereocenters. The van der Waals surface area contributed by atoms with E-state index >= 15 is 0 Å². The standard InChI is InChI=1S/C26H48O/c1-4-5-6-7-8-9-10-16-21-25(27)23-26(2,3)22-17-12-15-20-24-18-13-11-14-19-24/h9-10,24H,4-8,11-23H2,1-3H3/b10-9+. The highest BCUT2D eigenvalue weighted by molar-refractivity contribution is 5.79. The topological polar surface area (TPSA) is 17.1 Å². The van der Waals surface area contributed by atoms with Gasteiger partial charge in [0.25, 0.3) is 0 Å². The van der Waals surface area contributed by atoms with Crippen LogP contribution in [-0.4, -0.2) is 5.78 Å². The second-order valence-corrected chi connectivity index (χ2v) is 9.84. The van der Waals surface area contributed by atoms with Crippen molar-refractivity contribution in [2.45, 2.75) is 136 Å². The number of ketones is 1. The summed E-state index contributed by atoms with van der Waals surface area (Å²) >= 11 is 0. The summed E-state index contributed by atoms with van der Waals surface area (Å²) < 4.78 is 0. The lowest BCUT2D eigenvalue weighted by Gasteiger charge is -2.24. The molecular formula is C26H48O. The van der Waals surface area contributed by atoms with Crippen LogP contribution in [0.3, 0.4) is 0 Å². The number of hydrogen-bond donors (Lipinski definition) is 0. The molecule has 0 spiro atoms. The first-order chi connectivity index (χ1) is 13.0. The molecule has 0 amide bonds. The third kappa shape index (κ3) is 14.1. The summed E-state index contributed by atoms with van der Waals surface area (Å²) in [5, 5.41) is 0. The number of Topliss-reactive ketones (excluding diaryl/α,β-unsaturated/α-hetero) is 1. The van der Waals surface area contributed by atoms with E-state index in [1.807, 2.05) is 0 Å². The Hall–Kier alpha value is -0.590. The van der Waals surface area contributed by atoms with E-state index in [0.717, 1.165) is 25.2 Å². The van der Waals surface area contributed by atoms with Gasteiger partial charge in [0.05, 0.1) is 0 Å². The van der Waals surface area contributed by atoms with Gasteiger partial charge in [0.2, 0.25) is 0 Å². The average molecular weight is 377 g/mol. The lowest BCUT2D eigenvalue weighted by molar-refractivity contribution is -0.121. The number of unbranched alkanes of at least 4 members (excludes halogenated alkanes) is 6. The van der Waals surface area contributed by atoms with Crippen molar-refractivity contribution in [3.05, 3.63) is 12.2 Å². The summed E-state index contributed by atoms with van der Waals surface area (Å²) in [4.78, 5) is 12.3. The summed E-state index contributed by atoms with van der Waals surface area (Å²) in [6.45, 7) is 6.83. The third-order valence-corrected chi connectivity index (χ3v) is 6.35. The number of rotatable bonds is 16. The molecule has 27 heavy (non-hydrogen) atoms. The van der Waals surface area contributed by atoms with Crippen LogP contribution in [0.15, 0.2) is 12.2 Å². The Bertz CT molecular complexity index is 387. The van der Waals surface area contributed by atoms with E-state index < -0.39 is 0 Å². The second kappa shape index (κ2) is 15.3. The van der Waals surface area contributed by atoms with Gasteiger partial charge in [-0.3, -0.25) is 4.79 Å². The molecule has 0 aromatic rings. The van der Waals surface area contributed by atoms with Gasteiger partial charge < -0.3 is 0 Å². The minimum Gasteiger partial charge on any atom is -0.300 e. The van der Waals surface area contributed by atoms with Gasteiger partial charge in [-0.15, -0.1) is 0 Å². The van der Waals surface area contributed by atoms with Crippen LogP contribution in [0.25, 0.3) is 0 Å². The fourth-order valence-electron chi connectivity index (χ4n) is 4.57. The molecule has 0 N–H and O–H groups in total. The van der Waals surface area contributed by atoms with E-state index in [1.165, 1.54) is 96.3 Å². The van der Waals surface area contributed by atoms with Crippen molar-refractivity contribution in [3.8, 4) is 0 Å². The average Bonchev–Trinajstić information content (AvgIpc) is 2.64. The summed E-state index contributed by atoms with van der Waals surface area (Å²) in [6, 6.07) is 0. The third-order valence-electron chi connectivity index (χ3n) is 6.35. The van der Waals surface area contributed by atoms with Crippen molar-refractivity contribution in [3.63, 3.8) is 0 Å². The van der Waals surface area contributed by atoms with E-state index in [4.69, 9.17) is 0 Å². The Balaban J connectivity index is 2.02. The van der Waals surface area contributed by atoms with Crippen LogP contribution >= 0.6 is 0 Å². The van der Waals surface area contributed by atoms with E-state index in [9.17, 15) is 4.79 Å². The first kappa shape index (κ1) is 24.4. The van der Waals surface area contributed by atoms with Gasteiger partial charge in [0.15, 0.2) is 0 Å². The summed E-state index contributed by atoms with van der Waals surface area (Å²) in [6.07, 6.45) is 27.5. The van der Waals surface area contributed by atoms with E-state index in [1.54, 1.807) is 0 Å². The minimum absolute atomic E-state index is 0.186. The monoisotopic (exact) mass is 376 g/mol. The lowest BCUT2D eigenvalue weighted by Crippen LogP contribution is -2.17. The SMILES string of the molecule is CCCCCC/C=C/CCC(=O)CC(C)(C)CCCCCC1CCCCC1. The van der Waals surface area contributed by atoms with Crippen molar-refractivity contribution in [1.82, 2.24) is 0 Å². The maximum atomic E-state index is 12.3. The van der Waals surface area contributed by atoms with Crippen LogP contribution in [0.5, 0.6) is 0 Å². The first-order valence-corrected chi connectivity index (χ1v) is 12.2. The van der Waals surface area contributed by atoms with Gasteiger partial charge in [-0.05, 0) is 37.0 Å². The van der Waals surface area contributed by atoms with Gasteiger partial charge in [0.1, 0.15) is 5.78 Å². The van der Waals surface area contributed by atoms with E-state index in [-0.39, 0.29) is 5.41 Å². The summed E-state index contributed by atoms with van der Waals surface area (Å²) in [5.41, 5.74) is 0.186. The molecule has 0 radical (unpaired) electrons. The number of carbonyl (C=O) groups excluding carboxylic acids is 1. The second-order valence-electron chi connectivity index (χ2n) is 9.84. The molecule has 0 aliphatic heterocycles. The van der Waals surface area contributed by atoms with Crippen molar-refractivity contribution >= 4 is 5.78 Å². The molecular weight excluding hydrogens is 328 g/mol. The van der Waals surface area contributed by atoms with Crippen molar-refractivity contribution in [1.29, 1.82) is 0 Å². The highest BCUT2D eigenvalue weighted by Crippen LogP contribution is 2.31. The van der Waals surface area contributed by atoms with Crippen LogP contribution < -0.4 is 0 Å². The molecule has 1 aliphatic rings. The smallest absolute Gasteiger partial charge is 0.133 e. The van der Waals surface area contributed by atoms with Gasteiger partial charge in [0, 0.05) is 12.8 Å². The van der Waals surface area contributed by atoms with Crippen molar-refractivity contribution in [2.24, 2.45) is 11.3 Å². The fraction of sp³-hybridized carbons (Fsp3) is 0.885. The zero-order chi connectivity index (χ0) is 19.8. The van der Waals surface area contributed by atoms with E-state index in [2.05, 4.69) is 32.9 Å². The Morgan fingerprint density at radius 1 is 0.889 bits per heavy atom. The summed E-state index contributed by atoms with van der Waals surface area (Å²) in [5.74, 6) is 1.48. The van der Waals surface area contributed by atoms with Gasteiger partial charge in [-0.25, -0.2) is 0 Å². The Kier molecular flexibility index (Phi) is 13.9. The molecule has 1 nitrogen and oxygen atoms in total. The quantitative estimate of drug-likeness (QED) is 0.194. The molecule has 1 rings (SSSR count). The Labute approximate surface area is 170 Å². The molecule has 1 aliphatic carbocycles. The highest BCUT2D eigenvalue weighted by atomic mass is 16.1. The molecule has 0 heterocycles. The molecule has 0 saturated heterocycles. The molecule has 1 saturated carbocycles. The van der Waals surface area contributed by atoms with Crippen molar-refractivity contribution in [2.75, 3.05) is 0 Å². The predicted octanol–water partition coefficient (Wildman–Crippen LogP) is 8.81. The highest BCUT2D eigenvalue weighted by Gasteiger charge is 2.21. The predicted molar refractivity (Wildman–Crippen MR) is 120 cm³/mol. The first-order valence-electron chi connectivity index (χ1n) is 12.2. The van der Waals surface area contributed by atoms with Gasteiger partial charge >= 0.3 is 0 Å². The van der Waals surface area contributed by atoms with Gasteiger partial charge in [-0.1, -0.05) is 110 Å². The van der Waals surface area contributed by atoms with Crippen LogP contribution in [0, 0.1) is 11.3 Å². The fourth-order valence-corrected chi connectivity index (χ4v) is 4.57. The zero-order valence-electron chi connectivity index (χ0n) is 18.9. The molecule has 0 bridgehead atoms. The Morgan fingerprint density at radius 2 is 1.59 bits per heavy atom. The number of allylic oxidation sites excluding steroid dienone is 2.